The second-order valence-corrected chi connectivity index (χ2v) is 8.53. The molecule has 1 heterocycles. The van der Waals surface area contributed by atoms with Crippen molar-refractivity contribution in [2.24, 2.45) is 12.8 Å². The van der Waals surface area contributed by atoms with E-state index < -0.39 is 0 Å². The van der Waals surface area contributed by atoms with Crippen LogP contribution in [0.2, 0.25) is 5.02 Å². The lowest BCUT2D eigenvalue weighted by Crippen LogP contribution is -2.19. The van der Waals surface area contributed by atoms with Crippen LogP contribution in [0, 0.1) is 0 Å². The summed E-state index contributed by atoms with van der Waals surface area (Å²) in [7, 11) is 1.86. The molecule has 1 aliphatic rings. The van der Waals surface area contributed by atoms with Crippen molar-refractivity contribution >= 4 is 39.1 Å². The number of hydrogen-bond acceptors (Lipinski definition) is 4. The summed E-state index contributed by atoms with van der Waals surface area (Å²) in [5, 5.41) is 8.00. The van der Waals surface area contributed by atoms with E-state index in [-0.39, 0.29) is 11.8 Å². The number of ether oxygens (including phenoxy) is 1. The maximum absolute atomic E-state index is 13.0. The smallest absolute Gasteiger partial charge is 0.231 e. The van der Waals surface area contributed by atoms with E-state index in [0.29, 0.717) is 29.6 Å². The lowest BCUT2D eigenvalue weighted by Gasteiger charge is -2.16. The number of aryl methyl sites for hydroxylation is 2. The summed E-state index contributed by atoms with van der Waals surface area (Å²) >= 11 is 9.70. The van der Waals surface area contributed by atoms with Crippen molar-refractivity contribution < 1.29 is 9.53 Å². The Hall–Kier alpha value is -2.35. The van der Waals surface area contributed by atoms with Crippen molar-refractivity contribution in [2.75, 3.05) is 18.5 Å². The second-order valence-electron chi connectivity index (χ2n) is 7.24. The Kier molecular flexibility index (Phi) is 6.13. The molecule has 1 atom stereocenters. The minimum Gasteiger partial charge on any atom is -0.492 e. The maximum Gasteiger partial charge on any atom is 0.231 e. The van der Waals surface area contributed by atoms with Gasteiger partial charge >= 0.3 is 0 Å². The zero-order valence-electron chi connectivity index (χ0n) is 16.5. The molecule has 1 amide bonds. The highest BCUT2D eigenvalue weighted by atomic mass is 79.9. The summed E-state index contributed by atoms with van der Waals surface area (Å²) in [6.45, 7) is 0.807. The molecule has 4 rings (SSSR count). The van der Waals surface area contributed by atoms with Crippen LogP contribution in [-0.2, 0) is 18.3 Å². The number of nitrogens with zero attached hydrogens (tertiary/aromatic N) is 2. The molecule has 3 aromatic rings. The number of carbonyl (C=O) groups excluding carboxylic acids is 1. The SMILES string of the molecule is Cn1ncc(Br)c1-c1cc(NC(=O)C2CCc3ccc(Cl)cc32)ccc1OCCN. The minimum absolute atomic E-state index is 0.0401. The van der Waals surface area contributed by atoms with Crippen LogP contribution in [0.4, 0.5) is 5.69 Å². The van der Waals surface area contributed by atoms with Gasteiger partial charge in [-0.05, 0) is 70.2 Å². The molecule has 0 saturated heterocycles. The quantitative estimate of drug-likeness (QED) is 0.534. The number of nitrogens with one attached hydrogen (secondary N) is 1. The molecular weight excluding hydrogens is 468 g/mol. The molecule has 3 N–H and O–H groups in total. The van der Waals surface area contributed by atoms with Crippen molar-refractivity contribution in [1.82, 2.24) is 9.78 Å². The molecule has 8 heteroatoms. The van der Waals surface area contributed by atoms with Crippen molar-refractivity contribution in [3.63, 3.8) is 0 Å². The molecule has 0 aliphatic heterocycles. The van der Waals surface area contributed by atoms with E-state index in [0.717, 1.165) is 34.1 Å². The molecule has 0 bridgehead atoms. The van der Waals surface area contributed by atoms with E-state index in [1.54, 1.807) is 10.9 Å². The lowest BCUT2D eigenvalue weighted by molar-refractivity contribution is -0.117. The van der Waals surface area contributed by atoms with Crippen molar-refractivity contribution in [2.45, 2.75) is 18.8 Å². The summed E-state index contributed by atoms with van der Waals surface area (Å²) in [6.07, 6.45) is 3.38. The average molecular weight is 490 g/mol. The number of hydrogen-bond donors (Lipinski definition) is 2. The highest BCUT2D eigenvalue weighted by molar-refractivity contribution is 9.10. The molecule has 0 spiro atoms. The zero-order chi connectivity index (χ0) is 21.3. The number of carbonyl (C=O) groups is 1. The fourth-order valence-corrected chi connectivity index (χ4v) is 4.62. The van der Waals surface area contributed by atoms with Crippen LogP contribution in [-0.4, -0.2) is 28.8 Å². The highest BCUT2D eigenvalue weighted by Gasteiger charge is 2.29. The summed E-state index contributed by atoms with van der Waals surface area (Å²) in [5.41, 5.74) is 10.2. The van der Waals surface area contributed by atoms with E-state index in [9.17, 15) is 4.79 Å². The van der Waals surface area contributed by atoms with Gasteiger partial charge in [-0.2, -0.15) is 5.10 Å². The molecular formula is C22H22BrClN4O2. The van der Waals surface area contributed by atoms with Crippen LogP contribution in [0.15, 0.2) is 47.1 Å². The van der Waals surface area contributed by atoms with Gasteiger partial charge in [0.1, 0.15) is 12.4 Å². The fourth-order valence-electron chi connectivity index (χ4n) is 3.88. The van der Waals surface area contributed by atoms with Crippen LogP contribution in [0.3, 0.4) is 0 Å². The summed E-state index contributed by atoms with van der Waals surface area (Å²) in [5.74, 6) is 0.432. The Morgan fingerprint density at radius 2 is 2.20 bits per heavy atom. The number of nitrogens with two attached hydrogens (primary N) is 1. The minimum atomic E-state index is -0.209. The second kappa shape index (κ2) is 8.79. The molecule has 1 unspecified atom stereocenters. The molecule has 1 aliphatic carbocycles. The van der Waals surface area contributed by atoms with Crippen LogP contribution in [0.5, 0.6) is 5.75 Å². The monoisotopic (exact) mass is 488 g/mol. The summed E-state index contributed by atoms with van der Waals surface area (Å²) < 4.78 is 8.42. The number of fused-ring (bicyclic) bond motifs is 1. The maximum atomic E-state index is 13.0. The van der Waals surface area contributed by atoms with E-state index in [1.807, 2.05) is 43.4 Å². The number of anilines is 1. The number of amides is 1. The largest absolute Gasteiger partial charge is 0.492 e. The molecule has 0 radical (unpaired) electrons. The Morgan fingerprint density at radius 3 is 2.93 bits per heavy atom. The van der Waals surface area contributed by atoms with E-state index in [1.165, 1.54) is 5.56 Å². The third-order valence-electron chi connectivity index (χ3n) is 5.27. The molecule has 156 valence electrons. The first-order valence-corrected chi connectivity index (χ1v) is 10.9. The van der Waals surface area contributed by atoms with Crippen molar-refractivity contribution in [3.05, 3.63) is 63.2 Å². The van der Waals surface area contributed by atoms with Gasteiger partial charge in [0, 0.05) is 29.9 Å². The molecule has 2 aromatic carbocycles. The van der Waals surface area contributed by atoms with Gasteiger partial charge in [-0.3, -0.25) is 9.48 Å². The lowest BCUT2D eigenvalue weighted by atomic mass is 10.00. The van der Waals surface area contributed by atoms with Gasteiger partial charge in [0.15, 0.2) is 0 Å². The molecule has 0 fully saturated rings. The molecule has 30 heavy (non-hydrogen) atoms. The first kappa shape index (κ1) is 20.9. The molecule has 1 aromatic heterocycles. The number of halogens is 2. The number of rotatable bonds is 6. The Morgan fingerprint density at radius 1 is 1.37 bits per heavy atom. The predicted molar refractivity (Wildman–Crippen MR) is 122 cm³/mol. The molecule has 6 nitrogen and oxygen atoms in total. The van der Waals surface area contributed by atoms with Crippen molar-refractivity contribution in [3.8, 4) is 17.0 Å². The Labute approximate surface area is 188 Å². The van der Waals surface area contributed by atoms with Gasteiger partial charge in [-0.15, -0.1) is 0 Å². The van der Waals surface area contributed by atoms with Crippen LogP contribution >= 0.6 is 27.5 Å². The van der Waals surface area contributed by atoms with Crippen LogP contribution in [0.25, 0.3) is 11.3 Å². The van der Waals surface area contributed by atoms with Gasteiger partial charge in [0.2, 0.25) is 5.91 Å². The Bertz CT molecular complexity index is 1080. The molecule has 0 saturated carbocycles. The average Bonchev–Trinajstić information content (AvgIpc) is 3.29. The predicted octanol–water partition coefficient (Wildman–Crippen LogP) is 4.51. The van der Waals surface area contributed by atoms with Gasteiger partial charge in [0.25, 0.3) is 0 Å². The summed E-state index contributed by atoms with van der Waals surface area (Å²) in [4.78, 5) is 13.0. The first-order chi connectivity index (χ1) is 14.5. The number of aromatic nitrogens is 2. The van der Waals surface area contributed by atoms with Crippen LogP contribution < -0.4 is 15.8 Å². The van der Waals surface area contributed by atoms with Gasteiger partial charge in [-0.1, -0.05) is 17.7 Å². The van der Waals surface area contributed by atoms with Gasteiger partial charge < -0.3 is 15.8 Å². The highest BCUT2D eigenvalue weighted by Crippen LogP contribution is 2.38. The van der Waals surface area contributed by atoms with Crippen molar-refractivity contribution in [1.29, 1.82) is 0 Å². The Balaban J connectivity index is 1.63. The standard InChI is InChI=1S/C22H22BrClN4O2/c1-28-21(19(23)12-26-28)18-11-15(5-7-20(18)30-9-8-25)27-22(29)16-6-3-13-2-4-14(24)10-17(13)16/h2,4-5,7,10-12,16H,3,6,8-9,25H2,1H3,(H,27,29). The third kappa shape index (κ3) is 4.10. The van der Waals surface area contributed by atoms with Gasteiger partial charge in [0.05, 0.1) is 22.3 Å². The van der Waals surface area contributed by atoms with Crippen LogP contribution in [0.1, 0.15) is 23.5 Å². The van der Waals surface area contributed by atoms with E-state index in [2.05, 4.69) is 26.3 Å². The zero-order valence-corrected chi connectivity index (χ0v) is 18.8. The summed E-state index contributed by atoms with van der Waals surface area (Å²) in [6, 6.07) is 11.4. The topological polar surface area (TPSA) is 82.2 Å². The van der Waals surface area contributed by atoms with E-state index >= 15 is 0 Å². The fraction of sp³-hybridized carbons (Fsp3) is 0.273. The first-order valence-electron chi connectivity index (χ1n) is 9.72. The normalized spacial score (nSPS) is 15.1. The van der Waals surface area contributed by atoms with E-state index in [4.69, 9.17) is 22.1 Å². The third-order valence-corrected chi connectivity index (χ3v) is 6.09. The van der Waals surface area contributed by atoms with Gasteiger partial charge in [-0.25, -0.2) is 0 Å². The number of benzene rings is 2.